The Morgan fingerprint density at radius 2 is 1.70 bits per heavy atom. The predicted octanol–water partition coefficient (Wildman–Crippen LogP) is 4.67. The minimum Gasteiger partial charge on any atom is -0.345 e. The molecule has 200 valence electrons. The van der Waals surface area contributed by atoms with Crippen LogP contribution in [0.25, 0.3) is 5.00 Å². The third-order valence-corrected chi connectivity index (χ3v) is 8.01. The van der Waals surface area contributed by atoms with Crippen LogP contribution in [0.2, 0.25) is 5.02 Å². The van der Waals surface area contributed by atoms with Crippen LogP contribution in [0.1, 0.15) is 56.8 Å². The zero-order valence-corrected chi connectivity index (χ0v) is 24.0. The van der Waals surface area contributed by atoms with Crippen molar-refractivity contribution in [3.05, 3.63) is 97.9 Å². The number of aromatic nitrogens is 3. The third kappa shape index (κ3) is 5.71. The molecule has 0 radical (unpaired) electrons. The first-order valence-electron chi connectivity index (χ1n) is 12.8. The van der Waals surface area contributed by atoms with Gasteiger partial charge in [0.1, 0.15) is 16.9 Å². The summed E-state index contributed by atoms with van der Waals surface area (Å²) in [5.41, 5.74) is 11.1. The van der Waals surface area contributed by atoms with Crippen molar-refractivity contribution < 1.29 is 4.79 Å². The molecule has 40 heavy (non-hydrogen) atoms. The van der Waals surface area contributed by atoms with Gasteiger partial charge in [-0.1, -0.05) is 47.4 Å². The zero-order chi connectivity index (χ0) is 28.2. The van der Waals surface area contributed by atoms with Crippen molar-refractivity contribution in [2.45, 2.75) is 33.2 Å². The van der Waals surface area contributed by atoms with Crippen molar-refractivity contribution in [1.82, 2.24) is 20.1 Å². The van der Waals surface area contributed by atoms with Gasteiger partial charge >= 0.3 is 0 Å². The highest BCUT2D eigenvalue weighted by Crippen LogP contribution is 2.39. The van der Waals surface area contributed by atoms with E-state index in [0.717, 1.165) is 44.4 Å². The molecule has 3 N–H and O–H groups in total. The molecule has 1 amide bonds. The molecule has 1 atom stereocenters. The number of amides is 1. The number of aryl methyl sites for hydroxylation is 2. The molecule has 2 aromatic heterocycles. The van der Waals surface area contributed by atoms with E-state index >= 15 is 0 Å². The number of fused-ring (bicyclic) bond motifs is 3. The molecule has 3 heterocycles. The van der Waals surface area contributed by atoms with Gasteiger partial charge in [-0.05, 0) is 62.7 Å². The molecule has 0 aliphatic carbocycles. The highest BCUT2D eigenvalue weighted by atomic mass is 35.5. The molecule has 1 unspecified atom stereocenters. The quantitative estimate of drug-likeness (QED) is 0.351. The van der Waals surface area contributed by atoms with E-state index in [-0.39, 0.29) is 18.9 Å². The molecule has 0 spiro atoms. The average Bonchev–Trinajstić information content (AvgIpc) is 3.43. The first kappa shape index (κ1) is 27.4. The van der Waals surface area contributed by atoms with E-state index in [1.807, 2.05) is 60.0 Å². The molecular formula is C31H27ClN6OS. The molecule has 7 nitrogen and oxygen atoms in total. The van der Waals surface area contributed by atoms with Crippen LogP contribution in [0.4, 0.5) is 0 Å². The van der Waals surface area contributed by atoms with Gasteiger partial charge in [-0.25, -0.2) is 0 Å². The molecule has 0 saturated carbocycles. The Hall–Kier alpha value is -4.21. The van der Waals surface area contributed by atoms with Crippen molar-refractivity contribution in [2.24, 2.45) is 10.7 Å². The number of thiophene rings is 1. The largest absolute Gasteiger partial charge is 0.345 e. The van der Waals surface area contributed by atoms with Crippen LogP contribution in [0.15, 0.2) is 53.5 Å². The zero-order valence-electron chi connectivity index (χ0n) is 22.4. The Morgan fingerprint density at radius 3 is 2.38 bits per heavy atom. The number of benzene rings is 2. The van der Waals surface area contributed by atoms with Crippen LogP contribution < -0.4 is 11.1 Å². The van der Waals surface area contributed by atoms with Gasteiger partial charge in [0.25, 0.3) is 0 Å². The van der Waals surface area contributed by atoms with Gasteiger partial charge in [-0.2, -0.15) is 0 Å². The van der Waals surface area contributed by atoms with E-state index in [0.29, 0.717) is 17.4 Å². The van der Waals surface area contributed by atoms with Gasteiger partial charge in [0.2, 0.25) is 5.91 Å². The van der Waals surface area contributed by atoms with E-state index in [1.165, 1.54) is 4.88 Å². The normalized spacial score (nSPS) is 13.5. The number of halogens is 1. The van der Waals surface area contributed by atoms with Gasteiger partial charge in [-0.3, -0.25) is 14.4 Å². The topological polar surface area (TPSA) is 98.2 Å². The van der Waals surface area contributed by atoms with E-state index in [2.05, 4.69) is 53.0 Å². The number of nitrogens with two attached hydrogens (primary N) is 1. The Balaban J connectivity index is 1.39. The van der Waals surface area contributed by atoms with Crippen LogP contribution >= 0.6 is 22.9 Å². The lowest BCUT2D eigenvalue weighted by molar-refractivity contribution is -0.121. The molecule has 0 fully saturated rings. The van der Waals surface area contributed by atoms with Crippen LogP contribution in [0, 0.1) is 44.5 Å². The summed E-state index contributed by atoms with van der Waals surface area (Å²) >= 11 is 7.86. The molecule has 0 bridgehead atoms. The minimum atomic E-state index is -0.527. The summed E-state index contributed by atoms with van der Waals surface area (Å²) in [5.74, 6) is 13.1. The highest BCUT2D eigenvalue weighted by molar-refractivity contribution is 7.15. The molecule has 1 aliphatic rings. The van der Waals surface area contributed by atoms with E-state index in [9.17, 15) is 4.79 Å². The minimum absolute atomic E-state index is 0.110. The summed E-state index contributed by atoms with van der Waals surface area (Å²) < 4.78 is 2.03. The second kappa shape index (κ2) is 11.9. The number of carbonyl (C=O) groups excluding carboxylic acids is 1. The van der Waals surface area contributed by atoms with Crippen LogP contribution in [-0.2, 0) is 4.79 Å². The van der Waals surface area contributed by atoms with Gasteiger partial charge in [0.05, 0.1) is 25.2 Å². The number of hydrogen-bond donors (Lipinski definition) is 2. The summed E-state index contributed by atoms with van der Waals surface area (Å²) in [6.45, 7) is 6.65. The van der Waals surface area contributed by atoms with Crippen molar-refractivity contribution in [3.63, 3.8) is 0 Å². The fraction of sp³-hybridized carbons (Fsp3) is 0.226. The monoisotopic (exact) mass is 566 g/mol. The van der Waals surface area contributed by atoms with Crippen molar-refractivity contribution >= 4 is 34.6 Å². The smallest absolute Gasteiger partial charge is 0.223 e. The maximum absolute atomic E-state index is 13.1. The molecule has 9 heteroatoms. The van der Waals surface area contributed by atoms with Crippen LogP contribution in [-0.4, -0.2) is 39.5 Å². The third-order valence-electron chi connectivity index (χ3n) is 6.56. The summed E-state index contributed by atoms with van der Waals surface area (Å²) in [5, 5.41) is 13.4. The number of rotatable bonds is 4. The van der Waals surface area contributed by atoms with E-state index in [4.69, 9.17) is 22.3 Å². The van der Waals surface area contributed by atoms with Gasteiger partial charge in [-0.15, -0.1) is 21.5 Å². The number of aliphatic imine (C=N–C) groups is 1. The number of hydrogen-bond acceptors (Lipinski definition) is 6. The van der Waals surface area contributed by atoms with Gasteiger partial charge in [0.15, 0.2) is 5.82 Å². The van der Waals surface area contributed by atoms with Crippen molar-refractivity contribution in [1.29, 1.82) is 0 Å². The molecule has 5 rings (SSSR count). The number of carbonyl (C=O) groups is 1. The average molecular weight is 567 g/mol. The van der Waals surface area contributed by atoms with E-state index in [1.54, 1.807) is 11.3 Å². The molecule has 2 aromatic carbocycles. The summed E-state index contributed by atoms with van der Waals surface area (Å²) in [7, 11) is 0. The molecule has 4 aromatic rings. The summed E-state index contributed by atoms with van der Waals surface area (Å²) in [4.78, 5) is 19.4. The molecule has 1 aliphatic heterocycles. The first-order valence-corrected chi connectivity index (χ1v) is 14.0. The Bertz CT molecular complexity index is 1730. The fourth-order valence-electron chi connectivity index (χ4n) is 4.46. The number of nitrogens with zero attached hydrogens (tertiary/aromatic N) is 4. The SMILES string of the molecule is Cc1sc2c(c1C)C(c1ccc(Cl)cc1)=NC(CC(=O)NCC#Cc1ccc(C#CCN)cc1)c1nnc(C)n1-2. The molecule has 0 saturated heterocycles. The fourth-order valence-corrected chi connectivity index (χ4v) is 5.80. The second-order valence-electron chi connectivity index (χ2n) is 9.27. The Labute approximate surface area is 242 Å². The van der Waals surface area contributed by atoms with E-state index < -0.39 is 6.04 Å². The predicted molar refractivity (Wildman–Crippen MR) is 160 cm³/mol. The van der Waals surface area contributed by atoms with Crippen LogP contribution in [0.5, 0.6) is 0 Å². The van der Waals surface area contributed by atoms with Crippen molar-refractivity contribution in [3.8, 4) is 28.7 Å². The molecular weight excluding hydrogens is 540 g/mol. The highest BCUT2D eigenvalue weighted by Gasteiger charge is 2.32. The lowest BCUT2D eigenvalue weighted by Gasteiger charge is -2.12. The number of nitrogens with one attached hydrogen (secondary N) is 1. The van der Waals surface area contributed by atoms with Gasteiger partial charge in [0, 0.05) is 32.2 Å². The summed E-state index contributed by atoms with van der Waals surface area (Å²) in [6, 6.07) is 14.7. The standard InChI is InChI=1S/C31H27ClN6OS/c1-19-20(2)40-31-28(19)29(24-12-14-25(32)15-13-24)35-26(30-37-36-21(3)38(30)31)18-27(39)34-17-5-7-23-10-8-22(9-11-23)6-4-16-33/h8-15,26H,16-18,33H2,1-3H3,(H,34,39). The Morgan fingerprint density at radius 1 is 1.02 bits per heavy atom. The van der Waals surface area contributed by atoms with Crippen molar-refractivity contribution in [2.75, 3.05) is 13.1 Å². The lowest BCUT2D eigenvalue weighted by Crippen LogP contribution is -2.25. The first-order chi connectivity index (χ1) is 19.4. The lowest BCUT2D eigenvalue weighted by atomic mass is 9.99. The van der Waals surface area contributed by atoms with Gasteiger partial charge < -0.3 is 11.1 Å². The maximum atomic E-state index is 13.1. The second-order valence-corrected chi connectivity index (χ2v) is 10.9. The maximum Gasteiger partial charge on any atom is 0.223 e. The summed E-state index contributed by atoms with van der Waals surface area (Å²) in [6.07, 6.45) is 0.110. The Kier molecular flexibility index (Phi) is 8.14. The van der Waals surface area contributed by atoms with Crippen LogP contribution in [0.3, 0.4) is 0 Å².